The molecule has 1 aromatic carbocycles. The Labute approximate surface area is 133 Å². The molecule has 0 saturated heterocycles. The summed E-state index contributed by atoms with van der Waals surface area (Å²) in [4.78, 5) is 26.1. The van der Waals surface area contributed by atoms with Crippen molar-refractivity contribution in [2.75, 3.05) is 25.0 Å². The van der Waals surface area contributed by atoms with Crippen molar-refractivity contribution >= 4 is 29.8 Å². The number of amides is 1. The molecule has 0 atom stereocenters. The van der Waals surface area contributed by atoms with Gasteiger partial charge in [0.15, 0.2) is 5.78 Å². The van der Waals surface area contributed by atoms with Crippen molar-refractivity contribution in [1.82, 2.24) is 4.90 Å². The summed E-state index contributed by atoms with van der Waals surface area (Å²) in [5.74, 6) is -0.0278. The van der Waals surface area contributed by atoms with Gasteiger partial charge >= 0.3 is 0 Å². The summed E-state index contributed by atoms with van der Waals surface area (Å²) in [7, 11) is 0. The van der Waals surface area contributed by atoms with E-state index < -0.39 is 0 Å². The molecule has 0 fully saturated rings. The maximum Gasteiger partial charge on any atom is 0.238 e. The Hall–Kier alpha value is -1.39. The van der Waals surface area contributed by atoms with Gasteiger partial charge < -0.3 is 5.32 Å². The zero-order valence-corrected chi connectivity index (χ0v) is 14.0. The molecule has 1 N–H and O–H groups in total. The predicted octanol–water partition coefficient (Wildman–Crippen LogP) is 3.29. The Bertz CT molecular complexity index is 485. The van der Waals surface area contributed by atoms with Gasteiger partial charge in [-0.25, -0.2) is 0 Å². The van der Waals surface area contributed by atoms with Crippen LogP contribution in [0.5, 0.6) is 0 Å². The van der Waals surface area contributed by atoms with E-state index in [-0.39, 0.29) is 24.1 Å². The first-order valence-corrected chi connectivity index (χ1v) is 7.18. The molecular formula is C16H25ClN2O2. The van der Waals surface area contributed by atoms with Gasteiger partial charge in [-0.15, -0.1) is 12.4 Å². The van der Waals surface area contributed by atoms with Crippen LogP contribution in [0.2, 0.25) is 0 Å². The molecule has 1 amide bonds. The van der Waals surface area contributed by atoms with Gasteiger partial charge in [-0.1, -0.05) is 32.9 Å². The Morgan fingerprint density at radius 2 is 1.76 bits per heavy atom. The minimum atomic E-state index is -0.0758. The molecule has 0 saturated carbocycles. The largest absolute Gasteiger partial charge is 0.324 e. The van der Waals surface area contributed by atoms with Gasteiger partial charge in [0.05, 0.1) is 12.2 Å². The second-order valence-electron chi connectivity index (χ2n) is 4.78. The topological polar surface area (TPSA) is 49.4 Å². The molecule has 0 heterocycles. The smallest absolute Gasteiger partial charge is 0.238 e. The standard InChI is InChI=1S/C16H24N2O2.ClH/c1-5-14(19)13-10-8-9-12(4)16(13)17-15(20)11-18(6-2)7-3;/h8-10H,5-7,11H2,1-4H3,(H,17,20);1H. The number of carbonyl (C=O) groups excluding carboxylic acids is 2. The van der Waals surface area contributed by atoms with Crippen molar-refractivity contribution in [3.05, 3.63) is 29.3 Å². The van der Waals surface area contributed by atoms with E-state index >= 15 is 0 Å². The number of aryl methyl sites for hydroxylation is 1. The van der Waals surface area contributed by atoms with Crippen molar-refractivity contribution < 1.29 is 9.59 Å². The van der Waals surface area contributed by atoms with Gasteiger partial charge in [-0.2, -0.15) is 0 Å². The van der Waals surface area contributed by atoms with Crippen molar-refractivity contribution in [2.45, 2.75) is 34.1 Å². The summed E-state index contributed by atoms with van der Waals surface area (Å²) in [6.45, 7) is 9.79. The first-order chi connectivity index (χ1) is 9.53. The van der Waals surface area contributed by atoms with Crippen LogP contribution in [0.15, 0.2) is 18.2 Å². The molecule has 0 unspecified atom stereocenters. The van der Waals surface area contributed by atoms with E-state index in [1.165, 1.54) is 0 Å². The maximum absolute atomic E-state index is 12.1. The third-order valence-electron chi connectivity index (χ3n) is 3.42. The van der Waals surface area contributed by atoms with Gasteiger partial charge in [0.25, 0.3) is 0 Å². The van der Waals surface area contributed by atoms with Crippen LogP contribution in [0.3, 0.4) is 0 Å². The molecule has 0 aromatic heterocycles. The minimum absolute atomic E-state index is 0. The van der Waals surface area contributed by atoms with Gasteiger partial charge in [0.1, 0.15) is 0 Å². The number of hydrogen-bond donors (Lipinski definition) is 1. The van der Waals surface area contributed by atoms with Gasteiger partial charge in [-0.3, -0.25) is 14.5 Å². The fourth-order valence-electron chi connectivity index (χ4n) is 2.09. The molecule has 118 valence electrons. The summed E-state index contributed by atoms with van der Waals surface area (Å²) in [5, 5.41) is 2.89. The highest BCUT2D eigenvalue weighted by atomic mass is 35.5. The van der Waals surface area contributed by atoms with Gasteiger partial charge in [0, 0.05) is 12.0 Å². The lowest BCUT2D eigenvalue weighted by Crippen LogP contribution is -2.33. The van der Waals surface area contributed by atoms with Gasteiger partial charge in [-0.05, 0) is 31.6 Å². The molecule has 0 aliphatic carbocycles. The van der Waals surface area contributed by atoms with E-state index in [4.69, 9.17) is 0 Å². The van der Waals surface area contributed by atoms with E-state index in [9.17, 15) is 9.59 Å². The van der Waals surface area contributed by atoms with Crippen LogP contribution in [0.25, 0.3) is 0 Å². The Morgan fingerprint density at radius 3 is 2.29 bits per heavy atom. The maximum atomic E-state index is 12.1. The average molecular weight is 313 g/mol. The third-order valence-corrected chi connectivity index (χ3v) is 3.42. The Morgan fingerprint density at radius 1 is 1.14 bits per heavy atom. The number of carbonyl (C=O) groups is 2. The lowest BCUT2D eigenvalue weighted by Gasteiger charge is -2.19. The number of nitrogens with one attached hydrogen (secondary N) is 1. The first-order valence-electron chi connectivity index (χ1n) is 7.18. The number of para-hydroxylation sites is 1. The molecule has 5 heteroatoms. The molecule has 0 bridgehead atoms. The van der Waals surface area contributed by atoms with Crippen molar-refractivity contribution in [1.29, 1.82) is 0 Å². The summed E-state index contributed by atoms with van der Waals surface area (Å²) in [5.41, 5.74) is 2.16. The van der Waals surface area contributed by atoms with Crippen LogP contribution >= 0.6 is 12.4 Å². The SMILES string of the molecule is CCC(=O)c1cccc(C)c1NC(=O)CN(CC)CC.Cl. The zero-order chi connectivity index (χ0) is 15.1. The van der Waals surface area contributed by atoms with Crippen LogP contribution < -0.4 is 5.32 Å². The number of nitrogens with zero attached hydrogens (tertiary/aromatic N) is 1. The Balaban J connectivity index is 0.00000400. The lowest BCUT2D eigenvalue weighted by atomic mass is 10.0. The van der Waals surface area contributed by atoms with Crippen molar-refractivity contribution in [2.24, 2.45) is 0 Å². The fourth-order valence-corrected chi connectivity index (χ4v) is 2.09. The van der Waals surface area contributed by atoms with Crippen LogP contribution in [0.1, 0.15) is 43.1 Å². The number of benzene rings is 1. The fraction of sp³-hybridized carbons (Fsp3) is 0.500. The summed E-state index contributed by atoms with van der Waals surface area (Å²) in [6.07, 6.45) is 0.433. The van der Waals surface area contributed by atoms with Crippen LogP contribution in [0, 0.1) is 6.92 Å². The van der Waals surface area contributed by atoms with E-state index in [1.54, 1.807) is 6.07 Å². The molecule has 4 nitrogen and oxygen atoms in total. The number of halogens is 1. The number of Topliss-reactive ketones (excluding diaryl/α,β-unsaturated/α-hetero) is 1. The summed E-state index contributed by atoms with van der Waals surface area (Å²) >= 11 is 0. The van der Waals surface area contributed by atoms with Crippen LogP contribution in [0.4, 0.5) is 5.69 Å². The van der Waals surface area contributed by atoms with Gasteiger partial charge in [0.2, 0.25) is 5.91 Å². The zero-order valence-electron chi connectivity index (χ0n) is 13.2. The van der Waals surface area contributed by atoms with Crippen LogP contribution in [-0.4, -0.2) is 36.2 Å². The number of hydrogen-bond acceptors (Lipinski definition) is 3. The lowest BCUT2D eigenvalue weighted by molar-refractivity contribution is -0.117. The Kier molecular flexibility index (Phi) is 8.90. The van der Waals surface area contributed by atoms with Crippen molar-refractivity contribution in [3.63, 3.8) is 0 Å². The monoisotopic (exact) mass is 312 g/mol. The first kappa shape index (κ1) is 19.6. The number of anilines is 1. The number of rotatable bonds is 7. The number of ketones is 1. The summed E-state index contributed by atoms with van der Waals surface area (Å²) in [6, 6.07) is 5.52. The van der Waals surface area contributed by atoms with E-state index in [1.807, 2.05) is 44.7 Å². The van der Waals surface area contributed by atoms with E-state index in [2.05, 4.69) is 5.32 Å². The van der Waals surface area contributed by atoms with Crippen molar-refractivity contribution in [3.8, 4) is 0 Å². The highest BCUT2D eigenvalue weighted by Crippen LogP contribution is 2.22. The molecule has 0 radical (unpaired) electrons. The van der Waals surface area contributed by atoms with Crippen LogP contribution in [-0.2, 0) is 4.79 Å². The van der Waals surface area contributed by atoms with E-state index in [0.717, 1.165) is 18.7 Å². The molecule has 0 spiro atoms. The quantitative estimate of drug-likeness (QED) is 0.786. The molecule has 0 aliphatic rings. The second kappa shape index (κ2) is 9.53. The van der Waals surface area contributed by atoms with E-state index in [0.29, 0.717) is 24.2 Å². The molecular weight excluding hydrogens is 288 g/mol. The third kappa shape index (κ3) is 5.48. The minimum Gasteiger partial charge on any atom is -0.324 e. The number of likely N-dealkylation sites (N-methyl/N-ethyl adjacent to an activating group) is 1. The second-order valence-corrected chi connectivity index (χ2v) is 4.78. The molecule has 1 aromatic rings. The molecule has 1 rings (SSSR count). The summed E-state index contributed by atoms with van der Waals surface area (Å²) < 4.78 is 0. The highest BCUT2D eigenvalue weighted by Gasteiger charge is 2.15. The highest BCUT2D eigenvalue weighted by molar-refractivity contribution is 6.05. The molecule has 0 aliphatic heterocycles. The average Bonchev–Trinajstić information content (AvgIpc) is 2.46. The predicted molar refractivity (Wildman–Crippen MR) is 89.5 cm³/mol. The molecule has 21 heavy (non-hydrogen) atoms. The normalized spacial score (nSPS) is 10.1.